The van der Waals surface area contributed by atoms with Crippen molar-refractivity contribution in [3.05, 3.63) is 35.5 Å². The molecule has 1 rings (SSSR count). The van der Waals surface area contributed by atoms with E-state index in [1.54, 1.807) is 0 Å². The number of phenols is 1. The fraction of sp³-hybridized carbons (Fsp3) is 0. The first kappa shape index (κ1) is 15.2. The van der Waals surface area contributed by atoms with E-state index >= 15 is 0 Å². The molecule has 3 N–H and O–H groups in total. The zero-order valence-electron chi connectivity index (χ0n) is 7.82. The number of hydrogen-bond acceptors (Lipinski definition) is 4. The monoisotopic (exact) mass is 194 g/mol. The molecule has 5 nitrogen and oxygen atoms in total. The second kappa shape index (κ2) is 5.47. The fourth-order valence-electron chi connectivity index (χ4n) is 0.707. The number of nitrogen functional groups attached to an aromatic ring is 1. The topological polar surface area (TPSA) is 89.4 Å². The number of nitrogens with zero attached hydrogens (tertiary/aromatic N) is 1. The molecule has 0 radical (unpaired) electrons. The summed E-state index contributed by atoms with van der Waals surface area (Å²) in [7, 11) is 0. The van der Waals surface area contributed by atoms with Crippen LogP contribution in [0.2, 0.25) is 0 Å². The molecule has 1 aromatic carbocycles. The maximum absolute atomic E-state index is 12.6. The van der Waals surface area contributed by atoms with Gasteiger partial charge >= 0.3 is 24.5 Å². The Morgan fingerprint density at radius 3 is 2.43 bits per heavy atom. The van der Waals surface area contributed by atoms with E-state index in [0.717, 1.165) is 6.07 Å². The Hall–Kier alpha value is -1.25. The minimum Gasteiger partial charge on any atom is -0.506 e. The Kier molecular flexibility index (Phi) is 5.95. The van der Waals surface area contributed by atoms with Gasteiger partial charge in [0.1, 0.15) is 5.75 Å². The number of halogens is 1. The predicted molar refractivity (Wildman–Crippen MR) is 45.5 cm³/mol. The number of phenolic OH excluding ortho intramolecular Hbond substituents is 1. The van der Waals surface area contributed by atoms with Crippen molar-refractivity contribution in [3.8, 4) is 5.75 Å². The first-order chi connectivity index (χ1) is 5.52. The van der Waals surface area contributed by atoms with Crippen LogP contribution in [-0.4, -0.2) is 10.0 Å². The molecule has 0 aliphatic carbocycles. The van der Waals surface area contributed by atoms with Gasteiger partial charge in [0.25, 0.3) is 0 Å². The third kappa shape index (κ3) is 2.91. The molecule has 0 saturated heterocycles. The van der Waals surface area contributed by atoms with Crippen LogP contribution < -0.4 is 24.6 Å². The van der Waals surface area contributed by atoms with Gasteiger partial charge in [-0.25, -0.2) is 0 Å². The van der Waals surface area contributed by atoms with Crippen LogP contribution in [0.3, 0.4) is 0 Å². The van der Waals surface area contributed by atoms with Gasteiger partial charge in [-0.15, -0.1) is 0 Å². The molecule has 0 bridgehead atoms. The molecule has 0 aromatic heterocycles. The molecular weight excluding hydrogens is 186 g/mol. The molecule has 0 spiro atoms. The molecule has 1 aromatic rings. The molecule has 0 atom stereocenters. The van der Waals surface area contributed by atoms with Crippen LogP contribution in [-0.2, 0) is 0 Å². The van der Waals surface area contributed by atoms with E-state index < -0.39 is 22.2 Å². The van der Waals surface area contributed by atoms with E-state index in [0.29, 0.717) is 6.07 Å². The van der Waals surface area contributed by atoms with Crippen molar-refractivity contribution in [1.29, 1.82) is 0 Å². The smallest absolute Gasteiger partial charge is 0.506 e. The van der Waals surface area contributed by atoms with Crippen LogP contribution in [0.25, 0.3) is 0 Å². The second-order valence-corrected chi connectivity index (χ2v) is 2.12. The number of benzene rings is 1. The first-order valence-corrected chi connectivity index (χ1v) is 2.94. The summed E-state index contributed by atoms with van der Waals surface area (Å²) in [5.41, 5.74) is 4.14. The number of anilines is 1. The van der Waals surface area contributed by atoms with E-state index in [2.05, 4.69) is 0 Å². The van der Waals surface area contributed by atoms with Gasteiger partial charge in [-0.3, -0.25) is 10.1 Å². The molecule has 0 saturated carbocycles. The van der Waals surface area contributed by atoms with Crippen LogP contribution >= 0.6 is 0 Å². The molecule has 0 heterocycles. The van der Waals surface area contributed by atoms with Gasteiger partial charge in [0.05, 0.1) is 10.6 Å². The summed E-state index contributed by atoms with van der Waals surface area (Å²) >= 11 is 0. The summed E-state index contributed by atoms with van der Waals surface area (Å²) in [5.74, 6) is -1.61. The van der Waals surface area contributed by atoms with Gasteiger partial charge in [-0.05, 0) is 0 Å². The standard InChI is InChI=1S/C6H5FN2O3.CH3.Li/c7-3-1-6(10)4(8)2-5(3)9(11)12;;/h1-2,10H,8H2;1H3;/q;-1;+1. The zero-order chi connectivity index (χ0) is 9.30. The minimum absolute atomic E-state index is 0. The number of hydrogen-bond donors (Lipinski definition) is 2. The fourth-order valence-corrected chi connectivity index (χ4v) is 0.707. The largest absolute Gasteiger partial charge is 1.00 e. The van der Waals surface area contributed by atoms with Crippen molar-refractivity contribution >= 4 is 11.4 Å². The Bertz CT molecular complexity index is 346. The summed E-state index contributed by atoms with van der Waals surface area (Å²) < 4.78 is 12.6. The molecular formula is C7H8FLiN2O3. The number of nitro benzene ring substituents is 1. The van der Waals surface area contributed by atoms with Crippen LogP contribution in [0.1, 0.15) is 0 Å². The van der Waals surface area contributed by atoms with Crippen molar-refractivity contribution in [2.24, 2.45) is 0 Å². The summed E-state index contributed by atoms with van der Waals surface area (Å²) in [6.07, 6.45) is 0. The van der Waals surface area contributed by atoms with E-state index in [-0.39, 0.29) is 32.0 Å². The summed E-state index contributed by atoms with van der Waals surface area (Å²) in [5, 5.41) is 18.9. The van der Waals surface area contributed by atoms with Gasteiger partial charge < -0.3 is 18.3 Å². The maximum atomic E-state index is 12.6. The summed E-state index contributed by atoms with van der Waals surface area (Å²) in [6.45, 7) is 0. The third-order valence-corrected chi connectivity index (χ3v) is 1.29. The van der Waals surface area contributed by atoms with Crippen molar-refractivity contribution in [2.75, 3.05) is 5.73 Å². The molecule has 7 heteroatoms. The number of rotatable bonds is 1. The molecule has 72 valence electrons. The maximum Gasteiger partial charge on any atom is 1.00 e. The van der Waals surface area contributed by atoms with Crippen molar-refractivity contribution in [3.63, 3.8) is 0 Å². The van der Waals surface area contributed by atoms with Crippen molar-refractivity contribution in [2.45, 2.75) is 0 Å². The van der Waals surface area contributed by atoms with Gasteiger partial charge in [0, 0.05) is 12.1 Å². The van der Waals surface area contributed by atoms with E-state index in [4.69, 9.17) is 10.8 Å². The van der Waals surface area contributed by atoms with Crippen LogP contribution in [0.4, 0.5) is 15.8 Å². The normalized spacial score (nSPS) is 8.36. The number of nitro groups is 1. The average molecular weight is 194 g/mol. The first-order valence-electron chi connectivity index (χ1n) is 2.94. The molecule has 0 unspecified atom stereocenters. The molecule has 14 heavy (non-hydrogen) atoms. The van der Waals surface area contributed by atoms with Crippen molar-refractivity contribution < 1.29 is 33.3 Å². The quantitative estimate of drug-likeness (QED) is 0.142. The predicted octanol–water partition coefficient (Wildman–Crippen LogP) is -1.52. The Balaban J connectivity index is 0. The van der Waals surface area contributed by atoms with Crippen molar-refractivity contribution in [1.82, 2.24) is 0 Å². The molecule has 0 amide bonds. The van der Waals surface area contributed by atoms with Crippen LogP contribution in [0, 0.1) is 23.4 Å². The van der Waals surface area contributed by atoms with Crippen LogP contribution in [0.15, 0.2) is 12.1 Å². The van der Waals surface area contributed by atoms with Gasteiger partial charge in [0.15, 0.2) is 0 Å². The SMILES string of the molecule is Nc1cc([N+](=O)[O-])c(F)cc1O.[CH3-].[Li+]. The average Bonchev–Trinajstić information content (AvgIpc) is 1.96. The summed E-state index contributed by atoms with van der Waals surface area (Å²) in [4.78, 5) is 9.20. The minimum atomic E-state index is -1.10. The Morgan fingerprint density at radius 1 is 1.50 bits per heavy atom. The molecule has 0 aliphatic heterocycles. The second-order valence-electron chi connectivity index (χ2n) is 2.12. The van der Waals surface area contributed by atoms with E-state index in [9.17, 15) is 14.5 Å². The number of nitrogens with two attached hydrogens (primary N) is 1. The number of aromatic hydroxyl groups is 1. The van der Waals surface area contributed by atoms with Crippen LogP contribution in [0.5, 0.6) is 5.75 Å². The summed E-state index contributed by atoms with van der Waals surface area (Å²) in [6, 6.07) is 1.37. The van der Waals surface area contributed by atoms with Gasteiger partial charge in [-0.2, -0.15) is 4.39 Å². The zero-order valence-corrected chi connectivity index (χ0v) is 7.82. The Morgan fingerprint density at radius 2 is 2.00 bits per heavy atom. The van der Waals surface area contributed by atoms with Gasteiger partial charge in [0.2, 0.25) is 5.82 Å². The molecule has 0 fully saturated rings. The Labute approximate surface area is 92.1 Å². The van der Waals surface area contributed by atoms with E-state index in [1.807, 2.05) is 0 Å². The molecule has 0 aliphatic rings. The third-order valence-electron chi connectivity index (χ3n) is 1.29. The van der Waals surface area contributed by atoms with Gasteiger partial charge in [-0.1, -0.05) is 0 Å². The van der Waals surface area contributed by atoms with E-state index in [1.165, 1.54) is 0 Å².